The Balaban J connectivity index is 1.73. The molecular formula is C27H26N2O7S. The summed E-state index contributed by atoms with van der Waals surface area (Å²) in [6.45, 7) is 0.119. The van der Waals surface area contributed by atoms with Crippen LogP contribution in [0.3, 0.4) is 0 Å². The van der Waals surface area contributed by atoms with Gasteiger partial charge in [0, 0.05) is 12.0 Å². The zero-order valence-electron chi connectivity index (χ0n) is 20.3. The van der Waals surface area contributed by atoms with Gasteiger partial charge in [0.25, 0.3) is 10.0 Å². The Morgan fingerprint density at radius 3 is 2.16 bits per heavy atom. The van der Waals surface area contributed by atoms with Crippen LogP contribution in [0.1, 0.15) is 17.5 Å². The highest BCUT2D eigenvalue weighted by Gasteiger charge is 2.67. The lowest BCUT2D eigenvalue weighted by Gasteiger charge is -2.37. The molecule has 3 atom stereocenters. The fraction of sp³-hybridized carbons (Fsp3) is 0.259. The number of fused-ring (bicyclic) bond motifs is 3. The van der Waals surface area contributed by atoms with E-state index in [1.807, 2.05) is 30.3 Å². The topological polar surface area (TPSA) is 102 Å². The molecule has 9 nitrogen and oxygen atoms in total. The number of hydrogen-bond donors (Lipinski definition) is 0. The quantitative estimate of drug-likeness (QED) is 0.456. The molecule has 2 aliphatic heterocycles. The van der Waals surface area contributed by atoms with Crippen molar-refractivity contribution in [3.8, 4) is 0 Å². The lowest BCUT2D eigenvalue weighted by atomic mass is 9.90. The number of anilines is 1. The van der Waals surface area contributed by atoms with E-state index in [-0.39, 0.29) is 17.9 Å². The minimum atomic E-state index is -4.21. The van der Waals surface area contributed by atoms with Crippen LogP contribution in [0, 0.1) is 0 Å². The third-order valence-electron chi connectivity index (χ3n) is 6.83. The average Bonchev–Trinajstić information content (AvgIpc) is 3.42. The zero-order valence-corrected chi connectivity index (χ0v) is 21.1. The van der Waals surface area contributed by atoms with Crippen molar-refractivity contribution in [1.82, 2.24) is 4.90 Å². The molecule has 10 heteroatoms. The summed E-state index contributed by atoms with van der Waals surface area (Å²) in [5.74, 6) is -0.697. The molecule has 2 heterocycles. The van der Waals surface area contributed by atoms with Gasteiger partial charge in [0.15, 0.2) is 6.17 Å². The van der Waals surface area contributed by atoms with Crippen molar-refractivity contribution in [2.75, 3.05) is 18.5 Å². The Morgan fingerprint density at radius 1 is 0.892 bits per heavy atom. The Morgan fingerprint density at radius 2 is 1.51 bits per heavy atom. The van der Waals surface area contributed by atoms with Crippen LogP contribution in [-0.4, -0.2) is 51.8 Å². The first kappa shape index (κ1) is 24.8. The van der Waals surface area contributed by atoms with Crippen LogP contribution < -0.4 is 4.31 Å². The maximum Gasteiger partial charge on any atom is 0.412 e. The van der Waals surface area contributed by atoms with Gasteiger partial charge >= 0.3 is 12.1 Å². The molecule has 1 amide bonds. The number of hydrogen-bond acceptors (Lipinski definition) is 7. The van der Waals surface area contributed by atoms with Crippen LogP contribution in [-0.2, 0) is 41.2 Å². The molecule has 2 aliphatic rings. The molecule has 0 N–H and O–H groups in total. The molecule has 37 heavy (non-hydrogen) atoms. The fourth-order valence-electron chi connectivity index (χ4n) is 5.22. The van der Waals surface area contributed by atoms with Gasteiger partial charge in [0.05, 0.1) is 31.4 Å². The van der Waals surface area contributed by atoms with Gasteiger partial charge in [-0.05, 0) is 23.8 Å². The molecule has 1 saturated heterocycles. The molecule has 0 unspecified atom stereocenters. The van der Waals surface area contributed by atoms with E-state index >= 15 is 0 Å². The fourth-order valence-corrected chi connectivity index (χ4v) is 6.90. The number of ether oxygens (including phenoxy) is 3. The number of esters is 1. The first-order valence-corrected chi connectivity index (χ1v) is 13.1. The van der Waals surface area contributed by atoms with Crippen LogP contribution in [0.2, 0.25) is 0 Å². The molecule has 3 aromatic carbocycles. The van der Waals surface area contributed by atoms with Crippen LogP contribution in [0.15, 0.2) is 89.8 Å². The molecule has 0 saturated carbocycles. The molecule has 1 fully saturated rings. The maximum absolute atomic E-state index is 14.1. The van der Waals surface area contributed by atoms with Gasteiger partial charge in [-0.1, -0.05) is 66.7 Å². The number of carbonyl (C=O) groups is 2. The Kier molecular flexibility index (Phi) is 6.38. The molecule has 5 rings (SSSR count). The summed E-state index contributed by atoms with van der Waals surface area (Å²) < 4.78 is 46.1. The SMILES string of the molecule is COC(=O)[C@@H]1C[C@]2(OCc3ccccc3)c3ccccc3N(S(=O)(=O)c3ccccc3)[C@@H]2N1C(=O)OC. The van der Waals surface area contributed by atoms with Crippen molar-refractivity contribution in [2.24, 2.45) is 0 Å². The second kappa shape index (κ2) is 9.53. The van der Waals surface area contributed by atoms with Gasteiger partial charge in [-0.25, -0.2) is 22.3 Å². The van der Waals surface area contributed by atoms with E-state index in [0.717, 1.165) is 10.5 Å². The summed E-state index contributed by atoms with van der Waals surface area (Å²) in [5, 5.41) is 0. The molecule has 192 valence electrons. The van der Waals surface area contributed by atoms with Crippen molar-refractivity contribution in [1.29, 1.82) is 0 Å². The van der Waals surface area contributed by atoms with E-state index < -0.39 is 39.9 Å². The second-order valence-electron chi connectivity index (χ2n) is 8.79. The Labute approximate surface area is 215 Å². The lowest BCUT2D eigenvalue weighted by Crippen LogP contribution is -2.56. The summed E-state index contributed by atoms with van der Waals surface area (Å²) >= 11 is 0. The Bertz CT molecular complexity index is 1410. The third kappa shape index (κ3) is 3.93. The molecule has 3 aromatic rings. The standard InChI is InChI=1S/C27H26N2O7S/c1-34-24(30)23-17-27(36-18-19-11-5-3-6-12-19)21-15-9-10-16-22(21)29(25(27)28(23)26(31)35-2)37(32,33)20-13-7-4-8-14-20/h3-16,23,25H,17-18H2,1-2H3/t23-,25-,27-/m0/s1. The van der Waals surface area contributed by atoms with Crippen molar-refractivity contribution < 1.29 is 32.2 Å². The van der Waals surface area contributed by atoms with E-state index in [4.69, 9.17) is 14.2 Å². The van der Waals surface area contributed by atoms with Crippen molar-refractivity contribution in [3.63, 3.8) is 0 Å². The number of carbonyl (C=O) groups excluding carboxylic acids is 2. The average molecular weight is 523 g/mol. The summed E-state index contributed by atoms with van der Waals surface area (Å²) in [4.78, 5) is 27.3. The van der Waals surface area contributed by atoms with E-state index in [1.165, 1.54) is 30.7 Å². The highest BCUT2D eigenvalue weighted by molar-refractivity contribution is 7.92. The summed E-state index contributed by atoms with van der Waals surface area (Å²) in [6.07, 6.45) is -2.13. The zero-order chi connectivity index (χ0) is 26.2. The van der Waals surface area contributed by atoms with Gasteiger partial charge in [-0.3, -0.25) is 4.90 Å². The van der Waals surface area contributed by atoms with Crippen molar-refractivity contribution in [2.45, 2.75) is 35.7 Å². The summed E-state index contributed by atoms with van der Waals surface area (Å²) in [7, 11) is -1.81. The maximum atomic E-state index is 14.1. The number of sulfonamides is 1. The first-order chi connectivity index (χ1) is 17.8. The summed E-state index contributed by atoms with van der Waals surface area (Å²) in [5.41, 5.74) is 0.391. The number of nitrogens with zero attached hydrogens (tertiary/aromatic N) is 2. The van der Waals surface area contributed by atoms with Gasteiger partial charge < -0.3 is 14.2 Å². The van der Waals surface area contributed by atoms with E-state index in [9.17, 15) is 18.0 Å². The Hall–Kier alpha value is -3.89. The largest absolute Gasteiger partial charge is 0.467 e. The van der Waals surface area contributed by atoms with E-state index in [1.54, 1.807) is 42.5 Å². The highest BCUT2D eigenvalue weighted by atomic mass is 32.2. The third-order valence-corrected chi connectivity index (χ3v) is 8.61. The molecule has 0 aliphatic carbocycles. The number of rotatable bonds is 6. The van der Waals surface area contributed by atoms with Crippen LogP contribution in [0.4, 0.5) is 10.5 Å². The molecule has 0 radical (unpaired) electrons. The lowest BCUT2D eigenvalue weighted by molar-refractivity contribution is -0.145. The number of para-hydroxylation sites is 1. The highest BCUT2D eigenvalue weighted by Crippen LogP contribution is 2.57. The predicted molar refractivity (Wildman–Crippen MR) is 134 cm³/mol. The minimum Gasteiger partial charge on any atom is -0.467 e. The van der Waals surface area contributed by atoms with Crippen LogP contribution >= 0.6 is 0 Å². The van der Waals surface area contributed by atoms with E-state index in [2.05, 4.69) is 0 Å². The molecule has 0 spiro atoms. The molecule has 0 bridgehead atoms. The van der Waals surface area contributed by atoms with E-state index in [0.29, 0.717) is 11.3 Å². The molecule has 0 aromatic heterocycles. The van der Waals surface area contributed by atoms with Gasteiger partial charge in [0.2, 0.25) is 0 Å². The minimum absolute atomic E-state index is 0.0237. The van der Waals surface area contributed by atoms with Crippen LogP contribution in [0.25, 0.3) is 0 Å². The number of likely N-dealkylation sites (tertiary alicyclic amines) is 1. The number of amides is 1. The van der Waals surface area contributed by atoms with Crippen molar-refractivity contribution in [3.05, 3.63) is 96.1 Å². The number of benzene rings is 3. The predicted octanol–water partition coefficient (Wildman–Crippen LogP) is 3.65. The van der Waals surface area contributed by atoms with Gasteiger partial charge in [-0.15, -0.1) is 0 Å². The monoisotopic (exact) mass is 522 g/mol. The van der Waals surface area contributed by atoms with Crippen molar-refractivity contribution >= 4 is 27.8 Å². The smallest absolute Gasteiger partial charge is 0.412 e. The summed E-state index contributed by atoms with van der Waals surface area (Å²) in [6, 6.07) is 23.1. The number of methoxy groups -OCH3 is 2. The normalized spacial score (nSPS) is 22.3. The molecular weight excluding hydrogens is 496 g/mol. The van der Waals surface area contributed by atoms with Gasteiger partial charge in [0.1, 0.15) is 11.6 Å². The second-order valence-corrected chi connectivity index (χ2v) is 10.6. The first-order valence-electron chi connectivity index (χ1n) is 11.7. The van der Waals surface area contributed by atoms with Crippen LogP contribution in [0.5, 0.6) is 0 Å². The van der Waals surface area contributed by atoms with Gasteiger partial charge in [-0.2, -0.15) is 0 Å².